The molecule has 0 aliphatic heterocycles. The van der Waals surface area contributed by atoms with Crippen LogP contribution in [0, 0.1) is 0 Å². The Kier molecular flexibility index (Phi) is 3.23. The maximum absolute atomic E-state index is 4.32. The van der Waals surface area contributed by atoms with Crippen LogP contribution in [0.15, 0.2) is 18.3 Å². The molecule has 1 rings (SSSR count). The van der Waals surface area contributed by atoms with Crippen molar-refractivity contribution in [2.45, 2.75) is 19.9 Å². The minimum atomic E-state index is 0.983. The van der Waals surface area contributed by atoms with Crippen LogP contribution in [0.25, 0.3) is 0 Å². The Hall–Kier alpha value is -0.890. The van der Waals surface area contributed by atoms with Crippen molar-refractivity contribution in [3.8, 4) is 0 Å². The molecule has 0 radical (unpaired) electrons. The standard InChI is InChI=1S/C10H16N2/c1-4-10-9(8-12(2)3)6-5-7-11-10/h5-7H,4,8H2,1-3H3. The molecule has 66 valence electrons. The third-order valence-corrected chi connectivity index (χ3v) is 1.81. The first-order valence-corrected chi connectivity index (χ1v) is 4.31. The molecule has 0 aliphatic carbocycles. The van der Waals surface area contributed by atoms with Crippen molar-refractivity contribution in [1.29, 1.82) is 0 Å². The number of hydrogen-bond acceptors (Lipinski definition) is 2. The minimum Gasteiger partial charge on any atom is -0.305 e. The third kappa shape index (κ3) is 2.31. The molecule has 12 heavy (non-hydrogen) atoms. The van der Waals surface area contributed by atoms with Crippen LogP contribution >= 0.6 is 0 Å². The topological polar surface area (TPSA) is 16.1 Å². The van der Waals surface area contributed by atoms with Crippen LogP contribution in [0.3, 0.4) is 0 Å². The van der Waals surface area contributed by atoms with Gasteiger partial charge in [0, 0.05) is 18.4 Å². The monoisotopic (exact) mass is 164 g/mol. The normalized spacial score (nSPS) is 10.7. The number of rotatable bonds is 3. The molecular weight excluding hydrogens is 148 g/mol. The first-order valence-electron chi connectivity index (χ1n) is 4.31. The fourth-order valence-corrected chi connectivity index (χ4v) is 1.27. The van der Waals surface area contributed by atoms with Crippen molar-refractivity contribution in [2.24, 2.45) is 0 Å². The zero-order chi connectivity index (χ0) is 8.97. The lowest BCUT2D eigenvalue weighted by Crippen LogP contribution is -2.12. The van der Waals surface area contributed by atoms with Gasteiger partial charge in [0.05, 0.1) is 0 Å². The molecule has 0 bridgehead atoms. The lowest BCUT2D eigenvalue weighted by Gasteiger charge is -2.11. The van der Waals surface area contributed by atoms with Crippen LogP contribution in [0.4, 0.5) is 0 Å². The van der Waals surface area contributed by atoms with Crippen molar-refractivity contribution in [1.82, 2.24) is 9.88 Å². The van der Waals surface area contributed by atoms with E-state index in [2.05, 4.69) is 37.0 Å². The summed E-state index contributed by atoms with van der Waals surface area (Å²) in [7, 11) is 4.15. The Morgan fingerprint density at radius 3 is 2.75 bits per heavy atom. The summed E-state index contributed by atoms with van der Waals surface area (Å²) < 4.78 is 0. The molecule has 0 saturated heterocycles. The SMILES string of the molecule is CCc1ncccc1CN(C)C. The number of aryl methyl sites for hydroxylation is 1. The molecule has 0 aromatic carbocycles. The van der Waals surface area contributed by atoms with Crippen LogP contribution in [0.2, 0.25) is 0 Å². The number of pyridine rings is 1. The van der Waals surface area contributed by atoms with E-state index in [0.29, 0.717) is 0 Å². The maximum atomic E-state index is 4.32. The van der Waals surface area contributed by atoms with Gasteiger partial charge in [-0.05, 0) is 32.1 Å². The lowest BCUT2D eigenvalue weighted by atomic mass is 10.1. The molecule has 0 N–H and O–H groups in total. The lowest BCUT2D eigenvalue weighted by molar-refractivity contribution is 0.400. The summed E-state index contributed by atoms with van der Waals surface area (Å²) >= 11 is 0. The van der Waals surface area contributed by atoms with Crippen LogP contribution in [0.1, 0.15) is 18.2 Å². The van der Waals surface area contributed by atoms with E-state index in [1.165, 1.54) is 11.3 Å². The predicted molar refractivity (Wildman–Crippen MR) is 51.0 cm³/mol. The van der Waals surface area contributed by atoms with Gasteiger partial charge in [-0.3, -0.25) is 4.98 Å². The largest absolute Gasteiger partial charge is 0.305 e. The highest BCUT2D eigenvalue weighted by Gasteiger charge is 2.00. The Bertz CT molecular complexity index is 243. The molecule has 0 spiro atoms. The van der Waals surface area contributed by atoms with Gasteiger partial charge in [0.2, 0.25) is 0 Å². The zero-order valence-corrected chi connectivity index (χ0v) is 8.04. The quantitative estimate of drug-likeness (QED) is 0.676. The van der Waals surface area contributed by atoms with Crippen molar-refractivity contribution >= 4 is 0 Å². The second-order valence-electron chi connectivity index (χ2n) is 3.20. The molecule has 0 aliphatic rings. The molecule has 0 saturated carbocycles. The third-order valence-electron chi connectivity index (χ3n) is 1.81. The van der Waals surface area contributed by atoms with Crippen LogP contribution in [-0.2, 0) is 13.0 Å². The van der Waals surface area contributed by atoms with E-state index in [0.717, 1.165) is 13.0 Å². The van der Waals surface area contributed by atoms with Gasteiger partial charge in [0.15, 0.2) is 0 Å². The zero-order valence-electron chi connectivity index (χ0n) is 8.04. The predicted octanol–water partition coefficient (Wildman–Crippen LogP) is 1.71. The van der Waals surface area contributed by atoms with Crippen molar-refractivity contribution in [2.75, 3.05) is 14.1 Å². The molecular formula is C10H16N2. The molecule has 1 heterocycles. The average Bonchev–Trinajstić information content (AvgIpc) is 2.04. The molecule has 2 heteroatoms. The Balaban J connectivity index is 2.82. The smallest absolute Gasteiger partial charge is 0.0445 e. The van der Waals surface area contributed by atoms with Gasteiger partial charge in [-0.25, -0.2) is 0 Å². The van der Waals surface area contributed by atoms with Gasteiger partial charge in [0.25, 0.3) is 0 Å². The Morgan fingerprint density at radius 2 is 2.17 bits per heavy atom. The van der Waals surface area contributed by atoms with E-state index in [-0.39, 0.29) is 0 Å². The van der Waals surface area contributed by atoms with Crippen LogP contribution in [-0.4, -0.2) is 24.0 Å². The van der Waals surface area contributed by atoms with Crippen molar-refractivity contribution < 1.29 is 0 Å². The maximum Gasteiger partial charge on any atom is 0.0445 e. The first-order chi connectivity index (χ1) is 5.74. The summed E-state index contributed by atoms with van der Waals surface area (Å²) in [5, 5.41) is 0. The summed E-state index contributed by atoms with van der Waals surface area (Å²) in [5.41, 5.74) is 2.55. The van der Waals surface area contributed by atoms with E-state index in [9.17, 15) is 0 Å². The van der Waals surface area contributed by atoms with Gasteiger partial charge >= 0.3 is 0 Å². The fraction of sp³-hybridized carbons (Fsp3) is 0.500. The van der Waals surface area contributed by atoms with Crippen LogP contribution < -0.4 is 0 Å². The molecule has 1 aromatic rings. The van der Waals surface area contributed by atoms with Crippen LogP contribution in [0.5, 0.6) is 0 Å². The fourth-order valence-electron chi connectivity index (χ4n) is 1.27. The first kappa shape index (κ1) is 9.20. The summed E-state index contributed by atoms with van der Waals surface area (Å²) in [4.78, 5) is 6.49. The molecule has 0 unspecified atom stereocenters. The highest BCUT2D eigenvalue weighted by atomic mass is 15.0. The Morgan fingerprint density at radius 1 is 1.42 bits per heavy atom. The molecule has 0 atom stereocenters. The van der Waals surface area contributed by atoms with E-state index >= 15 is 0 Å². The van der Waals surface area contributed by atoms with E-state index in [1.54, 1.807) is 0 Å². The summed E-state index contributed by atoms with van der Waals surface area (Å²) in [6.07, 6.45) is 2.88. The van der Waals surface area contributed by atoms with E-state index < -0.39 is 0 Å². The highest BCUT2D eigenvalue weighted by Crippen LogP contribution is 2.07. The average molecular weight is 164 g/mol. The summed E-state index contributed by atoms with van der Waals surface area (Å²) in [6, 6.07) is 4.14. The second-order valence-corrected chi connectivity index (χ2v) is 3.20. The van der Waals surface area contributed by atoms with Gasteiger partial charge in [-0.1, -0.05) is 13.0 Å². The molecule has 0 fully saturated rings. The number of hydrogen-bond donors (Lipinski definition) is 0. The van der Waals surface area contributed by atoms with Crippen molar-refractivity contribution in [3.63, 3.8) is 0 Å². The van der Waals surface area contributed by atoms with Crippen molar-refractivity contribution in [3.05, 3.63) is 29.6 Å². The molecule has 1 aromatic heterocycles. The van der Waals surface area contributed by atoms with Gasteiger partial charge in [-0.15, -0.1) is 0 Å². The summed E-state index contributed by atoms with van der Waals surface area (Å²) in [5.74, 6) is 0. The molecule has 2 nitrogen and oxygen atoms in total. The van der Waals surface area contributed by atoms with E-state index in [1.807, 2.05) is 12.3 Å². The summed E-state index contributed by atoms with van der Waals surface area (Å²) in [6.45, 7) is 3.12. The number of nitrogens with zero attached hydrogens (tertiary/aromatic N) is 2. The highest BCUT2D eigenvalue weighted by molar-refractivity contribution is 5.19. The van der Waals surface area contributed by atoms with Gasteiger partial charge in [0.1, 0.15) is 0 Å². The second kappa shape index (κ2) is 4.21. The number of aromatic nitrogens is 1. The van der Waals surface area contributed by atoms with E-state index in [4.69, 9.17) is 0 Å². The Labute approximate surface area is 74.2 Å². The van der Waals surface area contributed by atoms with Gasteiger partial charge < -0.3 is 4.90 Å². The molecule has 0 amide bonds. The minimum absolute atomic E-state index is 0.983. The van der Waals surface area contributed by atoms with Gasteiger partial charge in [-0.2, -0.15) is 0 Å².